The maximum absolute atomic E-state index is 5.77. The van der Waals surface area contributed by atoms with Crippen molar-refractivity contribution in [3.8, 4) is 0 Å². The van der Waals surface area contributed by atoms with Gasteiger partial charge in [0.15, 0.2) is 0 Å². The highest BCUT2D eigenvalue weighted by Gasteiger charge is 2.42. The summed E-state index contributed by atoms with van der Waals surface area (Å²) in [5.74, 6) is 2.02. The van der Waals surface area contributed by atoms with E-state index in [1.165, 1.54) is 19.3 Å². The standard InChI is InChI=1S/C15H24O/c1-11-6-4-8-12(2)10-14-15(16-14)13(3)9-5-7-11/h4-5,7-8,11-15H,6,9-10H2,1-3H3. The van der Waals surface area contributed by atoms with Crippen molar-refractivity contribution in [2.75, 3.05) is 0 Å². The average Bonchev–Trinajstić information content (AvgIpc) is 2.95. The van der Waals surface area contributed by atoms with Crippen LogP contribution in [0.5, 0.6) is 0 Å². The maximum atomic E-state index is 5.77. The third-order valence-electron chi connectivity index (χ3n) is 3.73. The first kappa shape index (κ1) is 11.9. The van der Waals surface area contributed by atoms with E-state index in [9.17, 15) is 0 Å². The Bertz CT molecular complexity index is 279. The van der Waals surface area contributed by atoms with Gasteiger partial charge in [-0.25, -0.2) is 0 Å². The number of hydrogen-bond donors (Lipinski definition) is 0. The minimum atomic E-state index is 0.523. The summed E-state index contributed by atoms with van der Waals surface area (Å²) < 4.78 is 5.77. The van der Waals surface area contributed by atoms with Crippen LogP contribution in [0, 0.1) is 17.8 Å². The maximum Gasteiger partial charge on any atom is 0.0870 e. The third-order valence-corrected chi connectivity index (χ3v) is 3.73. The van der Waals surface area contributed by atoms with E-state index < -0.39 is 0 Å². The van der Waals surface area contributed by atoms with Crippen LogP contribution in [-0.4, -0.2) is 12.2 Å². The summed E-state index contributed by atoms with van der Waals surface area (Å²) in [6.07, 6.45) is 14.0. The van der Waals surface area contributed by atoms with Gasteiger partial charge in [0.2, 0.25) is 0 Å². The smallest absolute Gasteiger partial charge is 0.0870 e. The van der Waals surface area contributed by atoms with Gasteiger partial charge >= 0.3 is 0 Å². The van der Waals surface area contributed by atoms with Crippen LogP contribution in [0.4, 0.5) is 0 Å². The normalized spacial score (nSPS) is 44.3. The van der Waals surface area contributed by atoms with Crippen LogP contribution in [0.25, 0.3) is 0 Å². The molecule has 0 N–H and O–H groups in total. The van der Waals surface area contributed by atoms with Crippen LogP contribution in [0.3, 0.4) is 0 Å². The molecule has 0 aromatic carbocycles. The fourth-order valence-electron chi connectivity index (χ4n) is 2.56. The van der Waals surface area contributed by atoms with E-state index in [0.717, 1.165) is 0 Å². The molecule has 1 saturated heterocycles. The molecule has 16 heavy (non-hydrogen) atoms. The van der Waals surface area contributed by atoms with Crippen molar-refractivity contribution in [1.82, 2.24) is 0 Å². The lowest BCUT2D eigenvalue weighted by atomic mass is 9.94. The molecule has 0 aromatic heterocycles. The highest BCUT2D eigenvalue weighted by molar-refractivity contribution is 5.00. The van der Waals surface area contributed by atoms with E-state index in [2.05, 4.69) is 45.1 Å². The van der Waals surface area contributed by atoms with Crippen molar-refractivity contribution < 1.29 is 4.74 Å². The quantitative estimate of drug-likeness (QED) is 0.445. The van der Waals surface area contributed by atoms with Gasteiger partial charge in [-0.2, -0.15) is 0 Å². The summed E-state index contributed by atoms with van der Waals surface area (Å²) in [5, 5.41) is 0. The van der Waals surface area contributed by atoms with E-state index in [1.54, 1.807) is 0 Å². The van der Waals surface area contributed by atoms with Crippen LogP contribution in [0.15, 0.2) is 24.3 Å². The molecule has 2 aliphatic rings. The third kappa shape index (κ3) is 3.21. The number of rotatable bonds is 0. The van der Waals surface area contributed by atoms with Crippen LogP contribution in [0.1, 0.15) is 40.0 Å². The molecule has 5 unspecified atom stereocenters. The van der Waals surface area contributed by atoms with Crippen molar-refractivity contribution in [2.45, 2.75) is 52.2 Å². The summed E-state index contributed by atoms with van der Waals surface area (Å²) in [4.78, 5) is 0. The molecule has 90 valence electrons. The molecule has 1 heteroatoms. The number of allylic oxidation sites excluding steroid dienone is 4. The molecule has 1 aliphatic heterocycles. The lowest BCUT2D eigenvalue weighted by Crippen LogP contribution is -2.08. The SMILES string of the molecule is CC1C=CCC(C)C2OC2CC(C)C=CC1. The van der Waals surface area contributed by atoms with Crippen molar-refractivity contribution in [3.63, 3.8) is 0 Å². The van der Waals surface area contributed by atoms with Crippen LogP contribution in [0.2, 0.25) is 0 Å². The minimum Gasteiger partial charge on any atom is -0.369 e. The predicted molar refractivity (Wildman–Crippen MR) is 68.3 cm³/mol. The summed E-state index contributed by atoms with van der Waals surface area (Å²) in [5.41, 5.74) is 0. The molecule has 0 spiro atoms. The monoisotopic (exact) mass is 220 g/mol. The lowest BCUT2D eigenvalue weighted by Gasteiger charge is -2.09. The topological polar surface area (TPSA) is 12.5 Å². The van der Waals surface area contributed by atoms with E-state index in [0.29, 0.717) is 30.0 Å². The van der Waals surface area contributed by atoms with Crippen LogP contribution >= 0.6 is 0 Å². The van der Waals surface area contributed by atoms with Crippen molar-refractivity contribution in [2.24, 2.45) is 17.8 Å². The molecular weight excluding hydrogens is 196 g/mol. The van der Waals surface area contributed by atoms with Gasteiger partial charge in [0.25, 0.3) is 0 Å². The second kappa shape index (κ2) is 5.18. The van der Waals surface area contributed by atoms with Gasteiger partial charge in [-0.15, -0.1) is 0 Å². The molecule has 5 atom stereocenters. The Kier molecular flexibility index (Phi) is 3.86. The fraction of sp³-hybridized carbons (Fsp3) is 0.733. The van der Waals surface area contributed by atoms with Gasteiger partial charge in [0, 0.05) is 0 Å². The minimum absolute atomic E-state index is 0.523. The summed E-state index contributed by atoms with van der Waals surface area (Å²) in [6.45, 7) is 6.90. The van der Waals surface area contributed by atoms with Gasteiger partial charge in [-0.05, 0) is 37.0 Å². The molecule has 0 aromatic rings. The number of fused-ring (bicyclic) bond motifs is 1. The second-order valence-electron chi connectivity index (χ2n) is 5.63. The molecule has 0 radical (unpaired) electrons. The predicted octanol–water partition coefficient (Wildman–Crippen LogP) is 3.96. The molecule has 0 bridgehead atoms. The van der Waals surface area contributed by atoms with E-state index >= 15 is 0 Å². The first-order chi connectivity index (χ1) is 7.66. The van der Waals surface area contributed by atoms with Crippen LogP contribution < -0.4 is 0 Å². The van der Waals surface area contributed by atoms with Gasteiger partial charge in [-0.1, -0.05) is 45.1 Å². The lowest BCUT2D eigenvalue weighted by molar-refractivity contribution is 0.317. The molecule has 0 amide bonds. The molecule has 1 fully saturated rings. The van der Waals surface area contributed by atoms with Gasteiger partial charge in [0.1, 0.15) is 0 Å². The van der Waals surface area contributed by atoms with Crippen molar-refractivity contribution in [1.29, 1.82) is 0 Å². The first-order valence-electron chi connectivity index (χ1n) is 6.65. The van der Waals surface area contributed by atoms with Crippen molar-refractivity contribution >= 4 is 0 Å². The Morgan fingerprint density at radius 1 is 0.938 bits per heavy atom. The van der Waals surface area contributed by atoms with E-state index in [1.807, 2.05) is 0 Å². The molecule has 1 heterocycles. The number of ether oxygens (including phenoxy) is 1. The summed E-state index contributed by atoms with van der Waals surface area (Å²) in [6, 6.07) is 0. The second-order valence-corrected chi connectivity index (χ2v) is 5.63. The van der Waals surface area contributed by atoms with Gasteiger partial charge in [-0.3, -0.25) is 0 Å². The van der Waals surface area contributed by atoms with Crippen molar-refractivity contribution in [3.05, 3.63) is 24.3 Å². The van der Waals surface area contributed by atoms with Gasteiger partial charge in [0.05, 0.1) is 12.2 Å². The molecular formula is C15H24O. The zero-order valence-corrected chi connectivity index (χ0v) is 10.7. The molecule has 1 nitrogen and oxygen atoms in total. The summed E-state index contributed by atoms with van der Waals surface area (Å²) >= 11 is 0. The Morgan fingerprint density at radius 3 is 2.44 bits per heavy atom. The molecule has 2 rings (SSSR count). The first-order valence-corrected chi connectivity index (χ1v) is 6.65. The largest absolute Gasteiger partial charge is 0.369 e. The summed E-state index contributed by atoms with van der Waals surface area (Å²) in [7, 11) is 0. The number of hydrogen-bond acceptors (Lipinski definition) is 1. The average molecular weight is 220 g/mol. The Labute approximate surface area is 99.6 Å². The molecule has 0 saturated carbocycles. The van der Waals surface area contributed by atoms with Crippen LogP contribution in [-0.2, 0) is 4.74 Å². The fourth-order valence-corrected chi connectivity index (χ4v) is 2.56. The Morgan fingerprint density at radius 2 is 1.62 bits per heavy atom. The van der Waals surface area contributed by atoms with Gasteiger partial charge < -0.3 is 4.74 Å². The molecule has 1 aliphatic carbocycles. The van der Waals surface area contributed by atoms with E-state index in [4.69, 9.17) is 4.74 Å². The zero-order valence-electron chi connectivity index (χ0n) is 10.7. The number of epoxide rings is 1. The zero-order chi connectivity index (χ0) is 11.5. The Balaban J connectivity index is 1.98. The highest BCUT2D eigenvalue weighted by atomic mass is 16.6. The Hall–Kier alpha value is -0.560. The van der Waals surface area contributed by atoms with E-state index in [-0.39, 0.29) is 0 Å². The highest BCUT2D eigenvalue weighted by Crippen LogP contribution is 2.36.